The van der Waals surface area contributed by atoms with E-state index in [1.807, 2.05) is 6.07 Å². The van der Waals surface area contributed by atoms with Gasteiger partial charge in [-0.05, 0) is 30.3 Å². The quantitative estimate of drug-likeness (QED) is 0.727. The second-order valence-electron chi connectivity index (χ2n) is 6.29. The number of piperazine rings is 1. The van der Waals surface area contributed by atoms with Gasteiger partial charge in [0.25, 0.3) is 5.91 Å². The Kier molecular flexibility index (Phi) is 6.48. The number of rotatable bonds is 5. The number of nitrogens with zero attached hydrogens (tertiary/aromatic N) is 2. The molecule has 2 aromatic carbocycles. The number of halogens is 1. The largest absolute Gasteiger partial charge is 0.343 e. The van der Waals surface area contributed by atoms with Gasteiger partial charge in [-0.3, -0.25) is 9.59 Å². The van der Waals surface area contributed by atoms with Gasteiger partial charge in [-0.15, -0.1) is 0 Å². The van der Waals surface area contributed by atoms with Gasteiger partial charge in [-0.1, -0.05) is 40.2 Å². The molecule has 0 atom stereocenters. The van der Waals surface area contributed by atoms with Crippen molar-refractivity contribution in [2.75, 3.05) is 32.7 Å². The van der Waals surface area contributed by atoms with E-state index in [0.29, 0.717) is 10.0 Å². The molecule has 0 bridgehead atoms. The average molecular weight is 466 g/mol. The number of hydrogen-bond acceptors (Lipinski definition) is 4. The predicted molar refractivity (Wildman–Crippen MR) is 108 cm³/mol. The summed E-state index contributed by atoms with van der Waals surface area (Å²) in [6.45, 7) is 0.882. The number of nitrogens with one attached hydrogen (secondary N) is 1. The van der Waals surface area contributed by atoms with E-state index in [4.69, 9.17) is 0 Å². The Hall–Kier alpha value is -2.23. The van der Waals surface area contributed by atoms with E-state index in [9.17, 15) is 18.0 Å². The molecule has 1 aliphatic rings. The van der Waals surface area contributed by atoms with Crippen molar-refractivity contribution < 1.29 is 18.0 Å². The summed E-state index contributed by atoms with van der Waals surface area (Å²) >= 11 is 3.28. The molecule has 0 unspecified atom stereocenters. The fourth-order valence-electron chi connectivity index (χ4n) is 2.91. The zero-order valence-electron chi connectivity index (χ0n) is 15.0. The number of amides is 2. The monoisotopic (exact) mass is 465 g/mol. The average Bonchev–Trinajstić information content (AvgIpc) is 2.72. The molecule has 28 heavy (non-hydrogen) atoms. The highest BCUT2D eigenvalue weighted by molar-refractivity contribution is 9.10. The molecule has 7 nitrogen and oxygen atoms in total. The van der Waals surface area contributed by atoms with Gasteiger partial charge >= 0.3 is 0 Å². The van der Waals surface area contributed by atoms with Crippen LogP contribution in [0.5, 0.6) is 0 Å². The smallest absolute Gasteiger partial charge is 0.251 e. The van der Waals surface area contributed by atoms with Crippen LogP contribution in [-0.2, 0) is 14.8 Å². The Balaban J connectivity index is 1.53. The first-order chi connectivity index (χ1) is 13.4. The van der Waals surface area contributed by atoms with E-state index < -0.39 is 10.0 Å². The molecule has 1 fully saturated rings. The van der Waals surface area contributed by atoms with Crippen molar-refractivity contribution in [2.45, 2.75) is 4.90 Å². The standard InChI is InChI=1S/C19H20BrN3O4S/c20-16-7-4-8-17(13-16)28(26,27)23-11-9-22(10-12-23)18(24)14-21-19(25)15-5-2-1-3-6-15/h1-8,13H,9-12,14H2,(H,21,25). The van der Waals surface area contributed by atoms with Gasteiger partial charge < -0.3 is 10.2 Å². The van der Waals surface area contributed by atoms with Crippen LogP contribution in [0.1, 0.15) is 10.4 Å². The van der Waals surface area contributed by atoms with Gasteiger partial charge in [0, 0.05) is 36.2 Å². The van der Waals surface area contributed by atoms with Crippen LogP contribution in [0.15, 0.2) is 64.0 Å². The second kappa shape index (κ2) is 8.85. The van der Waals surface area contributed by atoms with E-state index in [0.717, 1.165) is 0 Å². The minimum absolute atomic E-state index is 0.119. The van der Waals surface area contributed by atoms with Crippen LogP contribution in [0.2, 0.25) is 0 Å². The lowest BCUT2D eigenvalue weighted by Crippen LogP contribution is -2.52. The summed E-state index contributed by atoms with van der Waals surface area (Å²) in [5.41, 5.74) is 0.486. The molecule has 2 aromatic rings. The Morgan fingerprint density at radius 2 is 1.64 bits per heavy atom. The van der Waals surface area contributed by atoms with Crippen LogP contribution in [0, 0.1) is 0 Å². The highest BCUT2D eigenvalue weighted by Crippen LogP contribution is 2.21. The third-order valence-electron chi connectivity index (χ3n) is 4.46. The Labute approximate surface area is 172 Å². The highest BCUT2D eigenvalue weighted by atomic mass is 79.9. The van der Waals surface area contributed by atoms with Crippen molar-refractivity contribution in [1.82, 2.24) is 14.5 Å². The van der Waals surface area contributed by atoms with Gasteiger partial charge in [-0.2, -0.15) is 4.31 Å². The van der Waals surface area contributed by atoms with Gasteiger partial charge in [0.15, 0.2) is 0 Å². The third kappa shape index (κ3) is 4.78. The van der Waals surface area contributed by atoms with Crippen molar-refractivity contribution in [3.63, 3.8) is 0 Å². The lowest BCUT2D eigenvalue weighted by Gasteiger charge is -2.34. The van der Waals surface area contributed by atoms with Crippen LogP contribution < -0.4 is 5.32 Å². The van der Waals surface area contributed by atoms with Crippen molar-refractivity contribution in [3.05, 3.63) is 64.6 Å². The van der Waals surface area contributed by atoms with Gasteiger partial charge in [0.05, 0.1) is 11.4 Å². The molecule has 148 valence electrons. The number of hydrogen-bond donors (Lipinski definition) is 1. The fourth-order valence-corrected chi connectivity index (χ4v) is 4.93. The van der Waals surface area contributed by atoms with E-state index in [1.165, 1.54) is 4.31 Å². The summed E-state index contributed by atoms with van der Waals surface area (Å²) in [5.74, 6) is -0.548. The molecule has 9 heteroatoms. The Bertz CT molecular complexity index is 958. The molecule has 0 radical (unpaired) electrons. The maximum absolute atomic E-state index is 12.7. The molecule has 1 heterocycles. The third-order valence-corrected chi connectivity index (χ3v) is 6.85. The van der Waals surface area contributed by atoms with Crippen LogP contribution >= 0.6 is 15.9 Å². The molecular weight excluding hydrogens is 446 g/mol. The van der Waals surface area contributed by atoms with Crippen LogP contribution in [0.4, 0.5) is 0 Å². The second-order valence-corrected chi connectivity index (χ2v) is 9.14. The molecule has 3 rings (SSSR count). The van der Waals surface area contributed by atoms with Crippen LogP contribution in [0.25, 0.3) is 0 Å². The van der Waals surface area contributed by atoms with Gasteiger partial charge in [0.1, 0.15) is 0 Å². The maximum atomic E-state index is 12.7. The number of sulfonamides is 1. The van der Waals surface area contributed by atoms with E-state index in [2.05, 4.69) is 21.2 Å². The summed E-state index contributed by atoms with van der Waals surface area (Å²) < 4.78 is 27.5. The minimum atomic E-state index is -3.60. The van der Waals surface area contributed by atoms with Gasteiger partial charge in [0.2, 0.25) is 15.9 Å². The van der Waals surface area contributed by atoms with Gasteiger partial charge in [-0.25, -0.2) is 8.42 Å². The summed E-state index contributed by atoms with van der Waals surface area (Å²) in [5, 5.41) is 2.60. The van der Waals surface area contributed by atoms with Crippen molar-refractivity contribution in [1.29, 1.82) is 0 Å². The lowest BCUT2D eigenvalue weighted by atomic mass is 10.2. The number of benzene rings is 2. The first-order valence-electron chi connectivity index (χ1n) is 8.74. The maximum Gasteiger partial charge on any atom is 0.251 e. The first-order valence-corrected chi connectivity index (χ1v) is 11.0. The molecule has 0 spiro atoms. The normalized spacial score (nSPS) is 15.2. The van der Waals surface area contributed by atoms with E-state index in [1.54, 1.807) is 53.4 Å². The van der Waals surface area contributed by atoms with E-state index in [-0.39, 0.29) is 49.4 Å². The summed E-state index contributed by atoms with van der Waals surface area (Å²) in [6.07, 6.45) is 0. The molecule has 1 N–H and O–H groups in total. The summed E-state index contributed by atoms with van der Waals surface area (Å²) in [7, 11) is -3.60. The van der Waals surface area contributed by atoms with Crippen LogP contribution in [-0.4, -0.2) is 62.2 Å². The topological polar surface area (TPSA) is 86.8 Å². The molecule has 1 aliphatic heterocycles. The number of carbonyl (C=O) groups excluding carboxylic acids is 2. The zero-order valence-corrected chi connectivity index (χ0v) is 17.4. The van der Waals surface area contributed by atoms with Crippen molar-refractivity contribution in [3.8, 4) is 0 Å². The predicted octanol–water partition coefficient (Wildman–Crippen LogP) is 1.71. The minimum Gasteiger partial charge on any atom is -0.343 e. The van der Waals surface area contributed by atoms with Crippen molar-refractivity contribution >= 4 is 37.8 Å². The number of carbonyl (C=O) groups is 2. The highest BCUT2D eigenvalue weighted by Gasteiger charge is 2.30. The molecule has 0 aromatic heterocycles. The van der Waals surface area contributed by atoms with E-state index >= 15 is 0 Å². The lowest BCUT2D eigenvalue weighted by molar-refractivity contribution is -0.131. The SMILES string of the molecule is O=C(NCC(=O)N1CCN(S(=O)(=O)c2cccc(Br)c2)CC1)c1ccccc1. The Morgan fingerprint density at radius 3 is 2.29 bits per heavy atom. The fraction of sp³-hybridized carbons (Fsp3) is 0.263. The molecule has 0 saturated carbocycles. The first kappa shape index (κ1) is 20.5. The van der Waals surface area contributed by atoms with Crippen LogP contribution in [0.3, 0.4) is 0 Å². The Morgan fingerprint density at radius 1 is 0.964 bits per heavy atom. The molecular formula is C19H20BrN3O4S. The molecule has 2 amide bonds. The van der Waals surface area contributed by atoms with Crippen molar-refractivity contribution in [2.24, 2.45) is 0 Å². The zero-order chi connectivity index (χ0) is 20.1. The summed E-state index contributed by atoms with van der Waals surface area (Å²) in [4.78, 5) is 26.2. The molecule has 0 aliphatic carbocycles. The molecule has 1 saturated heterocycles. The summed E-state index contributed by atoms with van der Waals surface area (Å²) in [6, 6.07) is 15.2.